The molecule has 0 heterocycles. The maximum absolute atomic E-state index is 10.9. The van der Waals surface area contributed by atoms with Crippen LogP contribution in [0.25, 0.3) is 0 Å². The number of fused-ring (bicyclic) bond motifs is 5. The Kier molecular flexibility index (Phi) is 4.53. The van der Waals surface area contributed by atoms with Crippen molar-refractivity contribution in [2.45, 2.75) is 57.1 Å². The van der Waals surface area contributed by atoms with Crippen LogP contribution < -0.4 is 33.7 Å². The summed E-state index contributed by atoms with van der Waals surface area (Å²) in [4.78, 5) is 0. The topological polar surface area (TPSA) is 107 Å². The number of aliphatic hydroxyl groups excluding tert-OH is 1. The fraction of sp³-hybridized carbons (Fsp3) is 0.667. The van der Waals surface area contributed by atoms with Crippen molar-refractivity contribution in [3.8, 4) is 5.75 Å². The molecular formula is C18H23NaO6S. The minimum Gasteiger partial charge on any atom is -0.716 e. The van der Waals surface area contributed by atoms with Crippen LogP contribution in [0.15, 0.2) is 18.2 Å². The Morgan fingerprint density at radius 1 is 1.42 bits per heavy atom. The normalized spacial score (nSPS) is 43.0. The maximum Gasteiger partial charge on any atom is 1.00 e. The van der Waals surface area contributed by atoms with E-state index in [1.807, 2.05) is 6.92 Å². The van der Waals surface area contributed by atoms with Crippen LogP contribution in [-0.2, 0) is 16.8 Å². The third kappa shape index (κ3) is 3.36. The zero-order valence-electron chi connectivity index (χ0n) is 17.9. The summed E-state index contributed by atoms with van der Waals surface area (Å²) in [5, 5.41) is 20.9. The first-order chi connectivity index (χ1) is 12.9. The van der Waals surface area contributed by atoms with Crippen LogP contribution in [0.5, 0.6) is 5.75 Å². The molecule has 0 aliphatic heterocycles. The van der Waals surface area contributed by atoms with Crippen LogP contribution in [0, 0.1) is 17.3 Å². The summed E-state index contributed by atoms with van der Waals surface area (Å²) in [7, 11) is -5.08. The third-order valence-corrected chi connectivity index (χ3v) is 6.86. The van der Waals surface area contributed by atoms with Crippen molar-refractivity contribution in [3.05, 3.63) is 29.3 Å². The van der Waals surface area contributed by atoms with E-state index in [-0.39, 0.29) is 59.4 Å². The SMILES string of the molecule is [2H]c1cc2c(c([2H])c1OS(=O)(=O)[O-])CC[C@@H]1[C@@H]2CC[C@@]2(C)[C@H]1C[C@@H](O)[C@]2([2H])O.[Na+]. The van der Waals surface area contributed by atoms with Gasteiger partial charge in [0.25, 0.3) is 10.4 Å². The number of rotatable bonds is 2. The zero-order chi connectivity index (χ0) is 20.6. The van der Waals surface area contributed by atoms with E-state index in [4.69, 9.17) is 4.11 Å². The van der Waals surface area contributed by atoms with E-state index >= 15 is 0 Å². The molecule has 2 N–H and O–H groups in total. The fourth-order valence-electron chi connectivity index (χ4n) is 5.35. The fourth-order valence-corrected chi connectivity index (χ4v) is 5.65. The van der Waals surface area contributed by atoms with Crippen LogP contribution in [-0.4, -0.2) is 35.4 Å². The molecule has 138 valence electrons. The molecule has 1 aromatic rings. The quantitative estimate of drug-likeness (QED) is 0.368. The number of hydrogen-bond acceptors (Lipinski definition) is 6. The first kappa shape index (κ1) is 16.8. The van der Waals surface area contributed by atoms with E-state index < -0.39 is 33.7 Å². The number of hydrogen-bond donors (Lipinski definition) is 2. The van der Waals surface area contributed by atoms with E-state index in [1.165, 1.54) is 6.07 Å². The van der Waals surface area contributed by atoms with Gasteiger partial charge in [-0.05, 0) is 78.5 Å². The van der Waals surface area contributed by atoms with Crippen molar-refractivity contribution in [2.75, 3.05) is 0 Å². The van der Waals surface area contributed by atoms with E-state index in [1.54, 1.807) is 0 Å². The minimum atomic E-state index is -5.08. The molecule has 2 fully saturated rings. The summed E-state index contributed by atoms with van der Waals surface area (Å²) in [6.45, 7) is 1.86. The summed E-state index contributed by atoms with van der Waals surface area (Å²) < 4.78 is 61.8. The molecule has 2 saturated carbocycles. The first-order valence-electron chi connectivity index (χ1n) is 10.1. The molecule has 0 radical (unpaired) electrons. The van der Waals surface area contributed by atoms with Crippen LogP contribution >= 0.6 is 0 Å². The standard InChI is InChI=1S/C18H24O6S.Na/c1-18-7-6-13-12-5-3-11(24-25(21,22)23)8-10(12)2-4-14(13)15(18)9-16(19)17(18)20;/h3,5,8,13-17,19-20H,2,4,6-7,9H2,1H3,(H,21,22,23);/q;+1/p-1/t13-,14-,15+,16-,17+,18+;/m1./s1/i3D,8D,17D;. The average Bonchev–Trinajstić information content (AvgIpc) is 2.77. The number of benzene rings is 1. The third-order valence-electron chi connectivity index (χ3n) is 6.49. The molecule has 6 atom stereocenters. The van der Waals surface area contributed by atoms with Crippen molar-refractivity contribution < 1.29 is 61.0 Å². The molecule has 0 unspecified atom stereocenters. The molecule has 0 aromatic heterocycles. The van der Waals surface area contributed by atoms with E-state index in [9.17, 15) is 23.2 Å². The Balaban J connectivity index is 0.00000240. The molecular weight excluding hydrogens is 367 g/mol. The van der Waals surface area contributed by atoms with Gasteiger partial charge in [-0.25, -0.2) is 8.42 Å². The Bertz CT molecular complexity index is 940. The van der Waals surface area contributed by atoms with Gasteiger partial charge in [0.05, 0.1) is 16.3 Å². The molecule has 0 spiro atoms. The molecule has 3 aliphatic rings. The predicted octanol–water partition coefficient (Wildman–Crippen LogP) is -1.28. The summed E-state index contributed by atoms with van der Waals surface area (Å²) in [6, 6.07) is 0.920. The minimum absolute atomic E-state index is 0. The van der Waals surface area contributed by atoms with Crippen molar-refractivity contribution in [1.82, 2.24) is 0 Å². The summed E-state index contributed by atoms with van der Waals surface area (Å²) in [5.74, 6) is -0.508. The summed E-state index contributed by atoms with van der Waals surface area (Å²) >= 11 is 0. The van der Waals surface area contributed by atoms with E-state index in [0.717, 1.165) is 5.56 Å². The molecule has 0 saturated heterocycles. The zero-order valence-corrected chi connectivity index (χ0v) is 17.7. The molecule has 6 nitrogen and oxygen atoms in total. The van der Waals surface area contributed by atoms with E-state index in [0.29, 0.717) is 37.7 Å². The van der Waals surface area contributed by atoms with Gasteiger partial charge in [-0.3, -0.25) is 0 Å². The van der Waals surface area contributed by atoms with Crippen LogP contribution in [0.2, 0.25) is 0 Å². The van der Waals surface area contributed by atoms with Crippen molar-refractivity contribution >= 4 is 10.4 Å². The second kappa shape index (κ2) is 7.03. The number of aliphatic hydroxyl groups is 2. The van der Waals surface area contributed by atoms with Crippen LogP contribution in [0.4, 0.5) is 0 Å². The molecule has 1 aromatic carbocycles. The maximum atomic E-state index is 10.9. The van der Waals surface area contributed by atoms with Crippen LogP contribution in [0.1, 0.15) is 53.8 Å². The van der Waals surface area contributed by atoms with Crippen molar-refractivity contribution in [2.24, 2.45) is 17.3 Å². The Hall–Kier alpha value is -0.150. The van der Waals surface area contributed by atoms with E-state index in [2.05, 4.69) is 4.18 Å². The van der Waals surface area contributed by atoms with Gasteiger partial charge in [-0.15, -0.1) is 0 Å². The molecule has 4 rings (SSSR count). The van der Waals surface area contributed by atoms with Crippen molar-refractivity contribution in [3.63, 3.8) is 0 Å². The molecule has 26 heavy (non-hydrogen) atoms. The monoisotopic (exact) mass is 393 g/mol. The smallest absolute Gasteiger partial charge is 0.716 e. The van der Waals surface area contributed by atoms with Gasteiger partial charge < -0.3 is 18.9 Å². The molecule has 0 amide bonds. The molecule has 3 aliphatic carbocycles. The molecule has 8 heteroatoms. The van der Waals surface area contributed by atoms with Gasteiger partial charge >= 0.3 is 29.6 Å². The molecule has 0 bridgehead atoms. The van der Waals surface area contributed by atoms with Gasteiger partial charge in [0.1, 0.15) is 5.75 Å². The van der Waals surface area contributed by atoms with Crippen LogP contribution in [0.3, 0.4) is 0 Å². The van der Waals surface area contributed by atoms with Gasteiger partial charge in [-0.1, -0.05) is 13.0 Å². The largest absolute Gasteiger partial charge is 1.00 e. The van der Waals surface area contributed by atoms with Crippen molar-refractivity contribution in [1.29, 1.82) is 0 Å². The summed E-state index contributed by atoms with van der Waals surface area (Å²) in [6.07, 6.45) is -0.397. The van der Waals surface area contributed by atoms with Gasteiger partial charge in [0.2, 0.25) is 0 Å². The first-order valence-corrected chi connectivity index (χ1v) is 9.89. The second-order valence-corrected chi connectivity index (χ2v) is 8.66. The van der Waals surface area contributed by atoms with Gasteiger partial charge in [0, 0.05) is 0 Å². The Morgan fingerprint density at radius 3 is 2.85 bits per heavy atom. The predicted molar refractivity (Wildman–Crippen MR) is 88.8 cm³/mol. The van der Waals surface area contributed by atoms with Gasteiger partial charge in [0.15, 0.2) is 0 Å². The Labute approximate surface area is 180 Å². The Morgan fingerprint density at radius 2 is 2.15 bits per heavy atom. The second-order valence-electron chi connectivity index (χ2n) is 7.68. The summed E-state index contributed by atoms with van der Waals surface area (Å²) in [5.41, 5.74) is 0.635. The van der Waals surface area contributed by atoms with Gasteiger partial charge in [-0.2, -0.15) is 0 Å². The average molecular weight is 393 g/mol.